The Morgan fingerprint density at radius 3 is 1.78 bits per heavy atom. The zero-order valence-electron chi connectivity index (χ0n) is 6.65. The largest absolute Gasteiger partial charge is 0.385 e. The molecule has 0 aliphatic carbocycles. The van der Waals surface area contributed by atoms with E-state index in [-0.39, 0.29) is 5.54 Å². The zero-order chi connectivity index (χ0) is 7.12. The van der Waals surface area contributed by atoms with Crippen LogP contribution in [0.4, 0.5) is 0 Å². The van der Waals surface area contributed by atoms with Crippen LogP contribution in [0, 0.1) is 5.41 Å². The average Bonchev–Trinajstić information content (AvgIpc) is 1.81. The minimum atomic E-state index is 0.229. The van der Waals surface area contributed by atoms with Crippen molar-refractivity contribution in [2.24, 2.45) is 5.41 Å². The third-order valence-corrected chi connectivity index (χ3v) is 2.56. The Morgan fingerprint density at radius 1 is 1.11 bits per heavy atom. The second kappa shape index (κ2) is 1.53. The van der Waals surface area contributed by atoms with Crippen molar-refractivity contribution in [3.63, 3.8) is 0 Å². The molecule has 0 aromatic rings. The molecule has 0 aromatic carbocycles. The first-order valence-electron chi connectivity index (χ1n) is 3.41. The van der Waals surface area contributed by atoms with Gasteiger partial charge in [0.25, 0.3) is 0 Å². The third-order valence-electron chi connectivity index (χ3n) is 2.56. The summed E-state index contributed by atoms with van der Waals surface area (Å²) < 4.78 is 0. The molecule has 0 radical (unpaired) electrons. The van der Waals surface area contributed by atoms with Gasteiger partial charge in [-0.15, -0.1) is 0 Å². The molecule has 1 aliphatic heterocycles. The molecule has 1 heteroatoms. The highest BCUT2D eigenvalue weighted by Gasteiger charge is 2.37. The molecule has 0 fully saturated rings. The predicted molar refractivity (Wildman–Crippen MR) is 40.1 cm³/mol. The lowest BCUT2D eigenvalue weighted by Gasteiger charge is -2.34. The maximum Gasteiger partial charge on any atom is 0.0397 e. The fraction of sp³-hybridized carbons (Fsp3) is 0.750. The van der Waals surface area contributed by atoms with Gasteiger partial charge in [0.2, 0.25) is 0 Å². The third kappa shape index (κ3) is 0.846. The molecule has 52 valence electrons. The van der Waals surface area contributed by atoms with E-state index in [0.717, 1.165) is 0 Å². The number of nitrogens with one attached hydrogen (secondary N) is 1. The fourth-order valence-corrected chi connectivity index (χ4v) is 0.853. The number of hydrogen-bond acceptors (Lipinski definition) is 1. The summed E-state index contributed by atoms with van der Waals surface area (Å²) in [7, 11) is 0. The molecule has 0 saturated carbocycles. The molecule has 0 bridgehead atoms. The lowest BCUT2D eigenvalue weighted by atomic mass is 9.77. The highest BCUT2D eigenvalue weighted by Crippen LogP contribution is 2.35. The van der Waals surface area contributed by atoms with Gasteiger partial charge in [0.05, 0.1) is 0 Å². The summed E-state index contributed by atoms with van der Waals surface area (Å²) in [5.41, 5.74) is 0.528. The van der Waals surface area contributed by atoms with Gasteiger partial charge >= 0.3 is 0 Å². The van der Waals surface area contributed by atoms with Crippen molar-refractivity contribution in [2.75, 3.05) is 0 Å². The van der Waals surface area contributed by atoms with E-state index in [1.807, 2.05) is 6.20 Å². The van der Waals surface area contributed by atoms with Gasteiger partial charge in [-0.3, -0.25) is 0 Å². The van der Waals surface area contributed by atoms with E-state index in [1.54, 1.807) is 0 Å². The summed E-state index contributed by atoms with van der Waals surface area (Å²) in [6, 6.07) is 0. The lowest BCUT2D eigenvalue weighted by Crippen LogP contribution is -2.43. The van der Waals surface area contributed by atoms with Crippen molar-refractivity contribution in [3.05, 3.63) is 12.3 Å². The van der Waals surface area contributed by atoms with Gasteiger partial charge in [-0.05, 0) is 20.0 Å². The Bertz CT molecular complexity index is 143. The normalized spacial score (nSPS) is 28.0. The molecule has 1 aliphatic rings. The van der Waals surface area contributed by atoms with Crippen LogP contribution in [0.25, 0.3) is 0 Å². The minimum Gasteiger partial charge on any atom is -0.385 e. The Morgan fingerprint density at radius 2 is 1.67 bits per heavy atom. The van der Waals surface area contributed by atoms with Crippen molar-refractivity contribution >= 4 is 0 Å². The molecule has 0 amide bonds. The van der Waals surface area contributed by atoms with Crippen molar-refractivity contribution in [2.45, 2.75) is 33.2 Å². The Balaban J connectivity index is 2.84. The summed E-state index contributed by atoms with van der Waals surface area (Å²) in [5.74, 6) is 0. The molecular weight excluding hydrogens is 110 g/mol. The quantitative estimate of drug-likeness (QED) is 0.521. The highest BCUT2D eigenvalue weighted by molar-refractivity contribution is 5.14. The van der Waals surface area contributed by atoms with Gasteiger partial charge in [-0.2, -0.15) is 0 Å². The van der Waals surface area contributed by atoms with Crippen molar-refractivity contribution in [3.8, 4) is 0 Å². The van der Waals surface area contributed by atoms with E-state index >= 15 is 0 Å². The molecule has 9 heavy (non-hydrogen) atoms. The van der Waals surface area contributed by atoms with Gasteiger partial charge in [-0.25, -0.2) is 0 Å². The van der Waals surface area contributed by atoms with Gasteiger partial charge in [0, 0.05) is 11.0 Å². The topological polar surface area (TPSA) is 12.0 Å². The molecule has 1 rings (SSSR count). The monoisotopic (exact) mass is 125 g/mol. The molecule has 0 spiro atoms. The van der Waals surface area contributed by atoms with Crippen molar-refractivity contribution in [1.82, 2.24) is 5.32 Å². The standard InChI is InChI=1S/C8H15N/c1-7(2)5-6-9-8(7,3)4/h5-6,9H,1-4H3. The van der Waals surface area contributed by atoms with E-state index in [0.29, 0.717) is 5.41 Å². The first kappa shape index (κ1) is 6.66. The van der Waals surface area contributed by atoms with Gasteiger partial charge < -0.3 is 5.32 Å². The maximum atomic E-state index is 3.31. The van der Waals surface area contributed by atoms with Crippen LogP contribution in [0.2, 0.25) is 0 Å². The Kier molecular flexibility index (Phi) is 1.13. The van der Waals surface area contributed by atoms with Crippen LogP contribution in [0.1, 0.15) is 27.7 Å². The van der Waals surface area contributed by atoms with Crippen LogP contribution in [-0.4, -0.2) is 5.54 Å². The van der Waals surface area contributed by atoms with Crippen molar-refractivity contribution in [1.29, 1.82) is 0 Å². The lowest BCUT2D eigenvalue weighted by molar-refractivity contribution is 0.260. The highest BCUT2D eigenvalue weighted by atomic mass is 15.0. The van der Waals surface area contributed by atoms with Gasteiger partial charge in [-0.1, -0.05) is 19.9 Å². The van der Waals surface area contributed by atoms with E-state index in [9.17, 15) is 0 Å². The summed E-state index contributed by atoms with van der Waals surface area (Å²) in [6.07, 6.45) is 4.26. The molecule has 1 N–H and O–H groups in total. The minimum absolute atomic E-state index is 0.229. The number of rotatable bonds is 0. The molecule has 0 saturated heterocycles. The van der Waals surface area contributed by atoms with E-state index in [4.69, 9.17) is 0 Å². The second-order valence-electron chi connectivity index (χ2n) is 3.82. The fourth-order valence-electron chi connectivity index (χ4n) is 0.853. The van der Waals surface area contributed by atoms with E-state index < -0.39 is 0 Å². The van der Waals surface area contributed by atoms with Crippen LogP contribution < -0.4 is 5.32 Å². The smallest absolute Gasteiger partial charge is 0.0397 e. The SMILES string of the molecule is CC1(C)C=CNC1(C)C. The molecule has 0 aromatic heterocycles. The second-order valence-corrected chi connectivity index (χ2v) is 3.82. The van der Waals surface area contributed by atoms with Crippen LogP contribution in [-0.2, 0) is 0 Å². The van der Waals surface area contributed by atoms with Crippen LogP contribution in [0.5, 0.6) is 0 Å². The molecule has 0 unspecified atom stereocenters. The molecule has 1 nitrogen and oxygen atoms in total. The first-order valence-corrected chi connectivity index (χ1v) is 3.41. The summed E-state index contributed by atoms with van der Waals surface area (Å²) in [4.78, 5) is 0. The van der Waals surface area contributed by atoms with Gasteiger partial charge in [0.15, 0.2) is 0 Å². The maximum absolute atomic E-state index is 3.31. The molecular formula is C8H15N. The van der Waals surface area contributed by atoms with E-state index in [2.05, 4.69) is 39.1 Å². The summed E-state index contributed by atoms with van der Waals surface area (Å²) in [6.45, 7) is 8.91. The first-order chi connectivity index (χ1) is 3.96. The van der Waals surface area contributed by atoms with Crippen LogP contribution in [0.15, 0.2) is 12.3 Å². The van der Waals surface area contributed by atoms with Crippen LogP contribution in [0.3, 0.4) is 0 Å². The Labute approximate surface area is 57.1 Å². The molecule has 1 heterocycles. The zero-order valence-corrected chi connectivity index (χ0v) is 6.65. The van der Waals surface area contributed by atoms with Gasteiger partial charge in [0.1, 0.15) is 0 Å². The Hall–Kier alpha value is -0.460. The summed E-state index contributed by atoms with van der Waals surface area (Å²) in [5, 5.41) is 3.31. The predicted octanol–water partition coefficient (Wildman–Crippen LogP) is 1.91. The number of hydrogen-bond donors (Lipinski definition) is 1. The average molecular weight is 125 g/mol. The molecule has 0 atom stereocenters. The van der Waals surface area contributed by atoms with Crippen LogP contribution >= 0.6 is 0 Å². The van der Waals surface area contributed by atoms with E-state index in [1.165, 1.54) is 0 Å². The van der Waals surface area contributed by atoms with Crippen molar-refractivity contribution < 1.29 is 0 Å². The summed E-state index contributed by atoms with van der Waals surface area (Å²) >= 11 is 0.